The third kappa shape index (κ3) is 3.77. The van der Waals surface area contributed by atoms with Crippen LogP contribution in [-0.2, 0) is 4.79 Å². The van der Waals surface area contributed by atoms with E-state index in [2.05, 4.69) is 10.3 Å². The van der Waals surface area contributed by atoms with E-state index in [9.17, 15) is 9.59 Å². The summed E-state index contributed by atoms with van der Waals surface area (Å²) in [5, 5.41) is 2.59. The van der Waals surface area contributed by atoms with Gasteiger partial charge in [-0.1, -0.05) is 12.8 Å². The number of hydrogen-bond donors (Lipinski definition) is 1. The predicted octanol–water partition coefficient (Wildman–Crippen LogP) is 2.06. The minimum absolute atomic E-state index is 0.0240. The molecule has 0 aliphatic carbocycles. The van der Waals surface area contributed by atoms with Crippen molar-refractivity contribution in [2.75, 3.05) is 18.4 Å². The molecule has 0 aromatic carbocycles. The molecule has 1 aromatic heterocycles. The molecular weight excluding hydrogens is 242 g/mol. The maximum atomic E-state index is 12.4. The Balaban J connectivity index is 2.11. The summed E-state index contributed by atoms with van der Waals surface area (Å²) in [4.78, 5) is 29.3. The number of aromatic nitrogens is 1. The maximum absolute atomic E-state index is 12.4. The number of carbonyl (C=O) groups excluding carboxylic acids is 2. The molecule has 0 bridgehead atoms. The van der Waals surface area contributed by atoms with Crippen LogP contribution >= 0.6 is 0 Å². The first-order chi connectivity index (χ1) is 9.16. The van der Waals surface area contributed by atoms with Crippen LogP contribution < -0.4 is 5.32 Å². The fourth-order valence-electron chi connectivity index (χ4n) is 2.27. The molecule has 5 heteroatoms. The highest BCUT2D eigenvalue weighted by Gasteiger charge is 2.17. The number of amides is 2. The number of nitrogens with zero attached hydrogens (tertiary/aromatic N) is 2. The average Bonchev–Trinajstić information content (AvgIpc) is 2.66. The Kier molecular flexibility index (Phi) is 4.49. The van der Waals surface area contributed by atoms with Gasteiger partial charge in [-0.05, 0) is 25.0 Å². The van der Waals surface area contributed by atoms with E-state index in [0.29, 0.717) is 11.4 Å². The summed E-state index contributed by atoms with van der Waals surface area (Å²) in [6.07, 6.45) is 6.07. The molecule has 0 unspecified atom stereocenters. The zero-order valence-electron chi connectivity index (χ0n) is 11.2. The lowest BCUT2D eigenvalue weighted by molar-refractivity contribution is -0.114. The largest absolute Gasteiger partial charge is 0.339 e. The van der Waals surface area contributed by atoms with Crippen LogP contribution in [0.3, 0.4) is 0 Å². The summed E-state index contributed by atoms with van der Waals surface area (Å²) >= 11 is 0. The summed E-state index contributed by atoms with van der Waals surface area (Å²) in [6, 6.07) is 3.33. The lowest BCUT2D eigenvalue weighted by Gasteiger charge is -2.20. The normalized spacial score (nSPS) is 15.7. The molecule has 1 N–H and O–H groups in total. The summed E-state index contributed by atoms with van der Waals surface area (Å²) < 4.78 is 0. The lowest BCUT2D eigenvalue weighted by Crippen LogP contribution is -2.31. The Hall–Kier alpha value is -1.91. The molecule has 5 nitrogen and oxygen atoms in total. The van der Waals surface area contributed by atoms with Crippen LogP contribution in [0.4, 0.5) is 5.82 Å². The predicted molar refractivity (Wildman–Crippen MR) is 72.9 cm³/mol. The van der Waals surface area contributed by atoms with Crippen molar-refractivity contribution in [1.29, 1.82) is 0 Å². The molecule has 19 heavy (non-hydrogen) atoms. The Bertz CT molecular complexity index is 466. The van der Waals surface area contributed by atoms with Crippen LogP contribution in [-0.4, -0.2) is 34.8 Å². The van der Waals surface area contributed by atoms with Crippen LogP contribution in [0, 0.1) is 0 Å². The molecule has 1 aliphatic rings. The highest BCUT2D eigenvalue weighted by Crippen LogP contribution is 2.14. The molecule has 1 saturated heterocycles. The van der Waals surface area contributed by atoms with Crippen molar-refractivity contribution >= 4 is 17.6 Å². The average molecular weight is 261 g/mol. The van der Waals surface area contributed by atoms with Gasteiger partial charge in [0.15, 0.2) is 0 Å². The van der Waals surface area contributed by atoms with E-state index in [4.69, 9.17) is 0 Å². The second-order valence-corrected chi connectivity index (χ2v) is 4.82. The number of pyridine rings is 1. The number of anilines is 1. The minimum atomic E-state index is -0.188. The maximum Gasteiger partial charge on any atom is 0.254 e. The zero-order chi connectivity index (χ0) is 13.7. The van der Waals surface area contributed by atoms with Gasteiger partial charge in [-0.25, -0.2) is 4.98 Å². The summed E-state index contributed by atoms with van der Waals surface area (Å²) in [7, 11) is 0. The van der Waals surface area contributed by atoms with Gasteiger partial charge in [0.05, 0.1) is 0 Å². The van der Waals surface area contributed by atoms with Gasteiger partial charge in [-0.15, -0.1) is 0 Å². The number of nitrogens with one attached hydrogen (secondary N) is 1. The van der Waals surface area contributed by atoms with E-state index < -0.39 is 0 Å². The number of likely N-dealkylation sites (tertiary alicyclic amines) is 1. The second kappa shape index (κ2) is 6.31. The van der Waals surface area contributed by atoms with Crippen LogP contribution in [0.2, 0.25) is 0 Å². The quantitative estimate of drug-likeness (QED) is 0.886. The Morgan fingerprint density at radius 2 is 1.89 bits per heavy atom. The van der Waals surface area contributed by atoms with Gasteiger partial charge >= 0.3 is 0 Å². The Morgan fingerprint density at radius 1 is 1.21 bits per heavy atom. The molecule has 0 spiro atoms. The molecular formula is C14H19N3O2. The first-order valence-electron chi connectivity index (χ1n) is 6.70. The van der Waals surface area contributed by atoms with E-state index in [1.165, 1.54) is 19.8 Å². The number of hydrogen-bond acceptors (Lipinski definition) is 3. The summed E-state index contributed by atoms with van der Waals surface area (Å²) in [5.74, 6) is 0.260. The topological polar surface area (TPSA) is 62.3 Å². The van der Waals surface area contributed by atoms with Crippen molar-refractivity contribution in [3.63, 3.8) is 0 Å². The second-order valence-electron chi connectivity index (χ2n) is 4.82. The summed E-state index contributed by atoms with van der Waals surface area (Å²) in [6.45, 7) is 3.05. The first kappa shape index (κ1) is 13.5. The van der Waals surface area contributed by atoms with Crippen LogP contribution in [0.25, 0.3) is 0 Å². The molecule has 1 aromatic rings. The zero-order valence-corrected chi connectivity index (χ0v) is 11.2. The van der Waals surface area contributed by atoms with Gasteiger partial charge in [0.1, 0.15) is 5.82 Å². The molecule has 2 rings (SSSR count). The number of rotatable bonds is 2. The SMILES string of the molecule is CC(=O)Nc1cc(C(=O)N2CCCCCC2)ccn1. The monoisotopic (exact) mass is 261 g/mol. The summed E-state index contributed by atoms with van der Waals surface area (Å²) in [5.41, 5.74) is 0.584. The molecule has 1 aliphatic heterocycles. The van der Waals surface area contributed by atoms with E-state index in [1.54, 1.807) is 18.3 Å². The van der Waals surface area contributed by atoms with Crippen molar-refractivity contribution < 1.29 is 9.59 Å². The van der Waals surface area contributed by atoms with Crippen LogP contribution in [0.15, 0.2) is 18.3 Å². The van der Waals surface area contributed by atoms with Gasteiger partial charge in [0, 0.05) is 31.8 Å². The lowest BCUT2D eigenvalue weighted by atomic mass is 10.2. The van der Waals surface area contributed by atoms with Crippen molar-refractivity contribution in [2.24, 2.45) is 0 Å². The first-order valence-corrected chi connectivity index (χ1v) is 6.70. The van der Waals surface area contributed by atoms with E-state index >= 15 is 0 Å². The highest BCUT2D eigenvalue weighted by molar-refractivity contribution is 5.96. The van der Waals surface area contributed by atoms with Gasteiger partial charge in [0.2, 0.25) is 5.91 Å². The number of carbonyl (C=O) groups is 2. The molecule has 102 valence electrons. The van der Waals surface area contributed by atoms with E-state index in [-0.39, 0.29) is 11.8 Å². The highest BCUT2D eigenvalue weighted by atomic mass is 16.2. The molecule has 1 fully saturated rings. The van der Waals surface area contributed by atoms with Gasteiger partial charge in [0.25, 0.3) is 5.91 Å². The fourth-order valence-corrected chi connectivity index (χ4v) is 2.27. The van der Waals surface area contributed by atoms with E-state index in [0.717, 1.165) is 25.9 Å². The molecule has 2 amide bonds. The van der Waals surface area contributed by atoms with Gasteiger partial charge in [-0.3, -0.25) is 9.59 Å². The van der Waals surface area contributed by atoms with Crippen LogP contribution in [0.5, 0.6) is 0 Å². The fraction of sp³-hybridized carbons (Fsp3) is 0.500. The van der Waals surface area contributed by atoms with Crippen molar-refractivity contribution in [3.05, 3.63) is 23.9 Å². The Morgan fingerprint density at radius 3 is 2.53 bits per heavy atom. The molecule has 0 radical (unpaired) electrons. The minimum Gasteiger partial charge on any atom is -0.339 e. The van der Waals surface area contributed by atoms with Crippen molar-refractivity contribution in [1.82, 2.24) is 9.88 Å². The molecule has 0 saturated carbocycles. The third-order valence-electron chi connectivity index (χ3n) is 3.20. The molecule has 2 heterocycles. The van der Waals surface area contributed by atoms with Gasteiger partial charge in [-0.2, -0.15) is 0 Å². The van der Waals surface area contributed by atoms with Crippen molar-refractivity contribution in [3.8, 4) is 0 Å². The molecule has 0 atom stereocenters. The van der Waals surface area contributed by atoms with Gasteiger partial charge < -0.3 is 10.2 Å². The smallest absolute Gasteiger partial charge is 0.254 e. The van der Waals surface area contributed by atoms with Crippen molar-refractivity contribution in [2.45, 2.75) is 32.6 Å². The van der Waals surface area contributed by atoms with Crippen LogP contribution in [0.1, 0.15) is 43.0 Å². The standard InChI is InChI=1S/C14H19N3O2/c1-11(18)16-13-10-12(6-7-15-13)14(19)17-8-4-2-3-5-9-17/h6-7,10H,2-5,8-9H2,1H3,(H,15,16,18). The Labute approximate surface area is 113 Å². The third-order valence-corrected chi connectivity index (χ3v) is 3.20. The van der Waals surface area contributed by atoms with E-state index in [1.807, 2.05) is 4.90 Å².